The number of nitrogens with zero attached hydrogens (tertiary/aromatic N) is 1. The van der Waals surface area contributed by atoms with Crippen LogP contribution in [0.2, 0.25) is 0 Å². The number of hydrogen-bond donors (Lipinski definition) is 1. The normalized spacial score (nSPS) is 15.8. The van der Waals surface area contributed by atoms with Crippen LogP contribution in [0, 0.1) is 0 Å². The van der Waals surface area contributed by atoms with Crippen LogP contribution in [0.5, 0.6) is 5.75 Å². The number of unbranched alkanes of at least 4 members (excludes halogenated alkanes) is 2. The van der Waals surface area contributed by atoms with E-state index in [4.69, 9.17) is 4.74 Å². The Balaban J connectivity index is 1.89. The second-order valence-electron chi connectivity index (χ2n) is 6.58. The molecule has 0 aromatic heterocycles. The number of carbonyl (C=O) groups is 1. The van der Waals surface area contributed by atoms with Crippen molar-refractivity contribution in [1.82, 2.24) is 4.72 Å². The predicted molar refractivity (Wildman–Crippen MR) is 110 cm³/mol. The van der Waals surface area contributed by atoms with E-state index >= 15 is 0 Å². The van der Waals surface area contributed by atoms with E-state index in [1.54, 1.807) is 12.1 Å². The molecule has 1 aliphatic heterocycles. The third-order valence-electron chi connectivity index (χ3n) is 4.34. The SMILES string of the molecule is CCCCC=Cc1ccc(N2CC(=O)NS2(=O)=O)c(OCc2ccccc2)c1. The van der Waals surface area contributed by atoms with Gasteiger partial charge in [0.2, 0.25) is 0 Å². The number of nitrogens with one attached hydrogen (secondary N) is 1. The number of carbonyl (C=O) groups excluding carboxylic acids is 1. The lowest BCUT2D eigenvalue weighted by atomic mass is 10.1. The van der Waals surface area contributed by atoms with Gasteiger partial charge in [-0.1, -0.05) is 68.3 Å². The molecule has 0 unspecified atom stereocenters. The van der Waals surface area contributed by atoms with Gasteiger partial charge in [0.05, 0.1) is 5.69 Å². The highest BCUT2D eigenvalue weighted by atomic mass is 32.2. The van der Waals surface area contributed by atoms with Crippen LogP contribution in [-0.4, -0.2) is 20.9 Å². The van der Waals surface area contributed by atoms with Crippen molar-refractivity contribution in [2.45, 2.75) is 32.8 Å². The molecule has 0 aliphatic carbocycles. The van der Waals surface area contributed by atoms with Gasteiger partial charge < -0.3 is 4.74 Å². The van der Waals surface area contributed by atoms with E-state index in [9.17, 15) is 13.2 Å². The van der Waals surface area contributed by atoms with Crippen LogP contribution in [0.3, 0.4) is 0 Å². The molecule has 2 aromatic rings. The Labute approximate surface area is 166 Å². The fraction of sp³-hybridized carbons (Fsp3) is 0.286. The largest absolute Gasteiger partial charge is 0.487 e. The first-order chi connectivity index (χ1) is 13.5. The van der Waals surface area contributed by atoms with Gasteiger partial charge in [0.1, 0.15) is 18.9 Å². The number of rotatable bonds is 8. The van der Waals surface area contributed by atoms with Crippen LogP contribution in [0.25, 0.3) is 6.08 Å². The number of hydrogen-bond acceptors (Lipinski definition) is 4. The monoisotopic (exact) mass is 400 g/mol. The van der Waals surface area contributed by atoms with Crippen molar-refractivity contribution in [2.75, 3.05) is 10.8 Å². The molecule has 1 heterocycles. The van der Waals surface area contributed by atoms with Gasteiger partial charge in [-0.05, 0) is 29.7 Å². The zero-order chi connectivity index (χ0) is 20.0. The summed E-state index contributed by atoms with van der Waals surface area (Å²) in [5.74, 6) is -0.140. The second kappa shape index (κ2) is 8.93. The van der Waals surface area contributed by atoms with Crippen LogP contribution >= 0.6 is 0 Å². The molecule has 1 aliphatic rings. The van der Waals surface area contributed by atoms with Gasteiger partial charge >= 0.3 is 10.2 Å². The van der Waals surface area contributed by atoms with E-state index in [0.717, 1.165) is 34.7 Å². The molecule has 1 fully saturated rings. The molecule has 0 atom stereocenters. The minimum atomic E-state index is -3.90. The van der Waals surface area contributed by atoms with Crippen molar-refractivity contribution in [1.29, 1.82) is 0 Å². The highest BCUT2D eigenvalue weighted by Gasteiger charge is 2.35. The molecular weight excluding hydrogens is 376 g/mol. The van der Waals surface area contributed by atoms with Gasteiger partial charge in [0, 0.05) is 0 Å². The number of amides is 1. The summed E-state index contributed by atoms with van der Waals surface area (Å²) in [7, 11) is -3.90. The van der Waals surface area contributed by atoms with Crippen LogP contribution < -0.4 is 13.8 Å². The first-order valence-corrected chi connectivity index (χ1v) is 10.7. The van der Waals surface area contributed by atoms with Crippen LogP contribution in [-0.2, 0) is 21.6 Å². The highest BCUT2D eigenvalue weighted by Crippen LogP contribution is 2.33. The Morgan fingerprint density at radius 3 is 2.64 bits per heavy atom. The second-order valence-corrected chi connectivity index (χ2v) is 8.18. The summed E-state index contributed by atoms with van der Waals surface area (Å²) in [5, 5.41) is 0. The quantitative estimate of drug-likeness (QED) is 0.687. The Kier molecular flexibility index (Phi) is 6.36. The van der Waals surface area contributed by atoms with E-state index < -0.39 is 16.1 Å². The lowest BCUT2D eigenvalue weighted by Crippen LogP contribution is -2.29. The molecule has 1 N–H and O–H groups in total. The molecule has 1 saturated heterocycles. The molecular formula is C21H24N2O4S. The maximum Gasteiger partial charge on any atom is 0.326 e. The first-order valence-electron chi connectivity index (χ1n) is 9.30. The van der Waals surface area contributed by atoms with E-state index in [1.807, 2.05) is 47.2 Å². The van der Waals surface area contributed by atoms with Gasteiger partial charge in [0.25, 0.3) is 5.91 Å². The lowest BCUT2D eigenvalue weighted by molar-refractivity contribution is -0.117. The van der Waals surface area contributed by atoms with E-state index in [0.29, 0.717) is 18.0 Å². The smallest absolute Gasteiger partial charge is 0.326 e. The van der Waals surface area contributed by atoms with Crippen molar-refractivity contribution >= 4 is 27.9 Å². The van der Waals surface area contributed by atoms with Gasteiger partial charge in [-0.15, -0.1) is 0 Å². The molecule has 0 saturated carbocycles. The summed E-state index contributed by atoms with van der Waals surface area (Å²) in [4.78, 5) is 11.6. The molecule has 0 bridgehead atoms. The van der Waals surface area contributed by atoms with Crippen molar-refractivity contribution in [3.8, 4) is 5.75 Å². The zero-order valence-electron chi connectivity index (χ0n) is 15.8. The molecule has 1 amide bonds. The van der Waals surface area contributed by atoms with Gasteiger partial charge in [-0.3, -0.25) is 4.79 Å². The molecule has 2 aromatic carbocycles. The third kappa shape index (κ3) is 4.92. The topological polar surface area (TPSA) is 75.7 Å². The molecule has 0 radical (unpaired) electrons. The van der Waals surface area contributed by atoms with E-state index in [1.165, 1.54) is 0 Å². The molecule has 28 heavy (non-hydrogen) atoms. The number of anilines is 1. The molecule has 0 spiro atoms. The minimum absolute atomic E-state index is 0.254. The van der Waals surface area contributed by atoms with Crippen molar-refractivity contribution in [3.05, 3.63) is 65.7 Å². The lowest BCUT2D eigenvalue weighted by Gasteiger charge is -2.19. The summed E-state index contributed by atoms with van der Waals surface area (Å²) < 4.78 is 33.5. The van der Waals surface area contributed by atoms with Crippen LogP contribution in [0.1, 0.15) is 37.3 Å². The molecule has 7 heteroatoms. The standard InChI is InChI=1S/C21H24N2O4S/c1-2-3-4-6-9-17-12-13-19(23-15-21(24)22-28(23,25)26)20(14-17)27-16-18-10-7-5-8-11-18/h5-14H,2-4,15-16H2,1H3,(H,22,24). The van der Waals surface area contributed by atoms with Crippen molar-refractivity contribution < 1.29 is 17.9 Å². The van der Waals surface area contributed by atoms with Crippen molar-refractivity contribution in [3.63, 3.8) is 0 Å². The molecule has 148 valence electrons. The summed E-state index contributed by atoms with van der Waals surface area (Å²) in [6.45, 7) is 2.19. The number of allylic oxidation sites excluding steroid dienone is 1. The van der Waals surface area contributed by atoms with E-state index in [-0.39, 0.29) is 6.54 Å². The molecule has 3 rings (SSSR count). The van der Waals surface area contributed by atoms with E-state index in [2.05, 4.69) is 13.0 Å². The fourth-order valence-corrected chi connectivity index (χ4v) is 4.05. The van der Waals surface area contributed by atoms with Crippen LogP contribution in [0.4, 0.5) is 5.69 Å². The number of benzene rings is 2. The average molecular weight is 401 g/mol. The highest BCUT2D eigenvalue weighted by molar-refractivity contribution is 7.92. The van der Waals surface area contributed by atoms with Gasteiger partial charge in [-0.2, -0.15) is 8.42 Å². The predicted octanol–water partition coefficient (Wildman–Crippen LogP) is 3.65. The maximum absolute atomic E-state index is 12.3. The summed E-state index contributed by atoms with van der Waals surface area (Å²) in [5.41, 5.74) is 2.23. The van der Waals surface area contributed by atoms with Crippen molar-refractivity contribution in [2.24, 2.45) is 0 Å². The summed E-state index contributed by atoms with van der Waals surface area (Å²) in [6.07, 6.45) is 7.32. The van der Waals surface area contributed by atoms with Crippen LogP contribution in [0.15, 0.2) is 54.6 Å². The maximum atomic E-state index is 12.3. The Morgan fingerprint density at radius 1 is 1.18 bits per heavy atom. The zero-order valence-corrected chi connectivity index (χ0v) is 16.6. The number of ether oxygens (including phenoxy) is 1. The minimum Gasteiger partial charge on any atom is -0.487 e. The Hall–Kier alpha value is -2.80. The van der Waals surface area contributed by atoms with Gasteiger partial charge in [0.15, 0.2) is 0 Å². The van der Waals surface area contributed by atoms with Gasteiger partial charge in [-0.25, -0.2) is 9.03 Å². The average Bonchev–Trinajstić information content (AvgIpc) is 2.96. The molecule has 6 nitrogen and oxygen atoms in total. The summed E-state index contributed by atoms with van der Waals surface area (Å²) >= 11 is 0. The third-order valence-corrected chi connectivity index (χ3v) is 5.74. The first kappa shape index (κ1) is 19.9. The Morgan fingerprint density at radius 2 is 1.96 bits per heavy atom. The summed E-state index contributed by atoms with van der Waals surface area (Å²) in [6, 6.07) is 14.9. The fourth-order valence-electron chi connectivity index (χ4n) is 2.89. The Bertz CT molecular complexity index is 956.